The number of hydrogen-bond donors (Lipinski definition) is 0. The summed E-state index contributed by atoms with van der Waals surface area (Å²) in [6.07, 6.45) is 2.27. The summed E-state index contributed by atoms with van der Waals surface area (Å²) in [4.78, 5) is 19.7. The van der Waals surface area contributed by atoms with Gasteiger partial charge in [0.25, 0.3) is 5.91 Å². The van der Waals surface area contributed by atoms with Gasteiger partial charge >= 0.3 is 0 Å². The fourth-order valence-electron chi connectivity index (χ4n) is 3.83. The molecular formula is C19H19N3O. The van der Waals surface area contributed by atoms with Gasteiger partial charge in [0.1, 0.15) is 6.04 Å². The number of hydrogen-bond acceptors (Lipinski definition) is 3. The lowest BCUT2D eigenvalue weighted by molar-refractivity contribution is -0.119. The molecule has 0 radical (unpaired) electrons. The fourth-order valence-corrected chi connectivity index (χ4v) is 3.83. The lowest BCUT2D eigenvalue weighted by Crippen LogP contribution is -2.52. The summed E-state index contributed by atoms with van der Waals surface area (Å²) in [5.41, 5.74) is 3.47. The Kier molecular flexibility index (Phi) is 2.68. The minimum absolute atomic E-state index is 0.0642. The number of rotatable bonds is 2. The van der Waals surface area contributed by atoms with E-state index in [1.807, 2.05) is 12.1 Å². The van der Waals surface area contributed by atoms with Crippen molar-refractivity contribution in [1.29, 1.82) is 0 Å². The van der Waals surface area contributed by atoms with Gasteiger partial charge in [0.2, 0.25) is 0 Å². The van der Waals surface area contributed by atoms with Crippen molar-refractivity contribution < 1.29 is 4.79 Å². The van der Waals surface area contributed by atoms with Crippen LogP contribution in [0.5, 0.6) is 0 Å². The fraction of sp³-hybridized carbons (Fsp3) is 0.316. The van der Waals surface area contributed by atoms with Crippen molar-refractivity contribution >= 4 is 23.0 Å². The Morgan fingerprint density at radius 2 is 1.57 bits per heavy atom. The normalized spacial score (nSPS) is 23.0. The molecule has 2 aliphatic heterocycles. The third-order valence-electron chi connectivity index (χ3n) is 5.10. The molecule has 2 fully saturated rings. The maximum Gasteiger partial charge on any atom is 0.251 e. The summed E-state index contributed by atoms with van der Waals surface area (Å²) in [6, 6.07) is 19.1. The molecule has 1 saturated heterocycles. The minimum Gasteiger partial charge on any atom is -0.351 e. The lowest BCUT2D eigenvalue weighted by atomic mass is 10.1. The Labute approximate surface area is 135 Å². The SMILES string of the molecule is O=C1[C@@H]2CN(c3ccccc3)CN2c2ccccc2N1C1CC1. The van der Waals surface area contributed by atoms with Gasteiger partial charge in [-0.25, -0.2) is 0 Å². The van der Waals surface area contributed by atoms with E-state index in [1.165, 1.54) is 11.4 Å². The molecule has 2 aromatic carbocycles. The zero-order valence-corrected chi connectivity index (χ0v) is 12.9. The molecule has 116 valence electrons. The molecule has 2 heterocycles. The summed E-state index contributed by atoms with van der Waals surface area (Å²) in [5.74, 6) is 0.268. The molecule has 23 heavy (non-hydrogen) atoms. The van der Waals surface area contributed by atoms with Gasteiger partial charge in [0.15, 0.2) is 0 Å². The van der Waals surface area contributed by atoms with Gasteiger partial charge in [-0.15, -0.1) is 0 Å². The minimum atomic E-state index is -0.0642. The molecule has 4 heteroatoms. The van der Waals surface area contributed by atoms with Gasteiger partial charge in [0, 0.05) is 18.3 Å². The molecule has 0 N–H and O–H groups in total. The van der Waals surface area contributed by atoms with Crippen LogP contribution in [0.15, 0.2) is 54.6 Å². The number of fused-ring (bicyclic) bond motifs is 3. The van der Waals surface area contributed by atoms with Crippen LogP contribution in [0.1, 0.15) is 12.8 Å². The predicted molar refractivity (Wildman–Crippen MR) is 91.9 cm³/mol. The number of carbonyl (C=O) groups excluding carboxylic acids is 1. The Morgan fingerprint density at radius 3 is 2.30 bits per heavy atom. The molecule has 1 amide bonds. The van der Waals surface area contributed by atoms with Crippen LogP contribution in [-0.4, -0.2) is 31.2 Å². The van der Waals surface area contributed by atoms with Crippen LogP contribution in [0.4, 0.5) is 17.1 Å². The Bertz CT molecular complexity index is 756. The molecule has 5 rings (SSSR count). The van der Waals surface area contributed by atoms with Crippen molar-refractivity contribution in [2.45, 2.75) is 24.9 Å². The number of nitrogens with zero attached hydrogens (tertiary/aromatic N) is 3. The zero-order chi connectivity index (χ0) is 15.4. The van der Waals surface area contributed by atoms with E-state index in [4.69, 9.17) is 0 Å². The number of para-hydroxylation sites is 3. The average Bonchev–Trinajstić information content (AvgIpc) is 3.32. The van der Waals surface area contributed by atoms with E-state index in [-0.39, 0.29) is 11.9 Å². The highest BCUT2D eigenvalue weighted by molar-refractivity contribution is 6.07. The molecule has 0 unspecified atom stereocenters. The van der Waals surface area contributed by atoms with Crippen molar-refractivity contribution in [2.24, 2.45) is 0 Å². The average molecular weight is 305 g/mol. The van der Waals surface area contributed by atoms with Crippen LogP contribution < -0.4 is 14.7 Å². The van der Waals surface area contributed by atoms with E-state index in [2.05, 4.69) is 57.2 Å². The van der Waals surface area contributed by atoms with Gasteiger partial charge in [0.05, 0.1) is 18.0 Å². The summed E-state index contributed by atoms with van der Waals surface area (Å²) in [5, 5.41) is 0. The Balaban J connectivity index is 1.55. The molecule has 4 nitrogen and oxygen atoms in total. The van der Waals surface area contributed by atoms with Crippen molar-refractivity contribution in [3.05, 3.63) is 54.6 Å². The first-order valence-corrected chi connectivity index (χ1v) is 8.32. The van der Waals surface area contributed by atoms with Crippen LogP contribution in [0.3, 0.4) is 0 Å². The molecule has 1 saturated carbocycles. The quantitative estimate of drug-likeness (QED) is 0.853. The summed E-state index contributed by atoms with van der Waals surface area (Å²) in [6.45, 7) is 1.54. The van der Waals surface area contributed by atoms with Crippen LogP contribution in [-0.2, 0) is 4.79 Å². The van der Waals surface area contributed by atoms with Crippen LogP contribution in [0.25, 0.3) is 0 Å². The molecule has 3 aliphatic rings. The van der Waals surface area contributed by atoms with Crippen molar-refractivity contribution in [3.63, 3.8) is 0 Å². The van der Waals surface area contributed by atoms with Crippen LogP contribution in [0, 0.1) is 0 Å². The standard InChI is InChI=1S/C19H19N3O/c23-19-18-12-20(14-6-2-1-3-7-14)13-21(18)16-8-4-5-9-17(16)22(19)15-10-11-15/h1-9,15,18H,10-13H2/t18-/m0/s1. The Hall–Kier alpha value is -2.49. The van der Waals surface area contributed by atoms with E-state index in [0.717, 1.165) is 31.7 Å². The third-order valence-corrected chi connectivity index (χ3v) is 5.10. The highest BCUT2D eigenvalue weighted by atomic mass is 16.2. The van der Waals surface area contributed by atoms with E-state index >= 15 is 0 Å². The van der Waals surface area contributed by atoms with Crippen molar-refractivity contribution in [1.82, 2.24) is 0 Å². The molecule has 0 aromatic heterocycles. The van der Waals surface area contributed by atoms with E-state index in [9.17, 15) is 4.79 Å². The Morgan fingerprint density at radius 1 is 0.870 bits per heavy atom. The summed E-state index contributed by atoms with van der Waals surface area (Å²) >= 11 is 0. The van der Waals surface area contributed by atoms with Crippen LogP contribution >= 0.6 is 0 Å². The van der Waals surface area contributed by atoms with E-state index < -0.39 is 0 Å². The van der Waals surface area contributed by atoms with Gasteiger partial charge in [-0.1, -0.05) is 30.3 Å². The monoisotopic (exact) mass is 305 g/mol. The number of anilines is 3. The second kappa shape index (κ2) is 4.75. The second-order valence-electron chi connectivity index (χ2n) is 6.61. The van der Waals surface area contributed by atoms with Crippen molar-refractivity contribution in [2.75, 3.05) is 27.9 Å². The molecule has 1 atom stereocenters. The first-order valence-electron chi connectivity index (χ1n) is 8.32. The van der Waals surface area contributed by atoms with Gasteiger partial charge in [-0.05, 0) is 37.1 Å². The number of benzene rings is 2. The highest BCUT2D eigenvalue weighted by Gasteiger charge is 2.47. The molecule has 2 aromatic rings. The smallest absolute Gasteiger partial charge is 0.251 e. The van der Waals surface area contributed by atoms with E-state index in [0.29, 0.717) is 6.04 Å². The predicted octanol–water partition coefficient (Wildman–Crippen LogP) is 2.85. The lowest BCUT2D eigenvalue weighted by Gasteiger charge is -2.38. The van der Waals surface area contributed by atoms with Crippen LogP contribution in [0.2, 0.25) is 0 Å². The largest absolute Gasteiger partial charge is 0.351 e. The summed E-state index contributed by atoms with van der Waals surface area (Å²) < 4.78 is 0. The van der Waals surface area contributed by atoms with Gasteiger partial charge in [-0.2, -0.15) is 0 Å². The first kappa shape index (κ1) is 13.0. The second-order valence-corrected chi connectivity index (χ2v) is 6.61. The molecule has 0 spiro atoms. The molecule has 0 bridgehead atoms. The molecular weight excluding hydrogens is 286 g/mol. The summed E-state index contributed by atoms with van der Waals surface area (Å²) in [7, 11) is 0. The van der Waals surface area contributed by atoms with E-state index in [1.54, 1.807) is 0 Å². The maximum absolute atomic E-state index is 13.1. The molecule has 1 aliphatic carbocycles. The van der Waals surface area contributed by atoms with Gasteiger partial charge < -0.3 is 14.7 Å². The first-order chi connectivity index (χ1) is 11.3. The third kappa shape index (κ3) is 1.94. The number of carbonyl (C=O) groups is 1. The highest BCUT2D eigenvalue weighted by Crippen LogP contribution is 2.44. The van der Waals surface area contributed by atoms with Crippen molar-refractivity contribution in [3.8, 4) is 0 Å². The van der Waals surface area contributed by atoms with Gasteiger partial charge in [-0.3, -0.25) is 4.79 Å². The zero-order valence-electron chi connectivity index (χ0n) is 12.9. The topological polar surface area (TPSA) is 26.8 Å². The maximum atomic E-state index is 13.1. The number of amides is 1.